The fourth-order valence-electron chi connectivity index (χ4n) is 2.86. The number of hydrogen-bond donors (Lipinski definition) is 1. The second-order valence-electron chi connectivity index (χ2n) is 4.99. The van der Waals surface area contributed by atoms with E-state index in [9.17, 15) is 0 Å². The fraction of sp³-hybridized carbons (Fsp3) is 0.429. The molecule has 1 aliphatic rings. The molecule has 1 saturated heterocycles. The van der Waals surface area contributed by atoms with Crippen LogP contribution in [0.2, 0.25) is 0 Å². The van der Waals surface area contributed by atoms with Crippen LogP contribution in [-0.4, -0.2) is 27.9 Å². The zero-order valence-corrected chi connectivity index (χ0v) is 10.4. The Balaban J connectivity index is 1.93. The summed E-state index contributed by atoms with van der Waals surface area (Å²) < 4.78 is 1.96. The van der Waals surface area contributed by atoms with E-state index in [0.717, 1.165) is 32.5 Å². The van der Waals surface area contributed by atoms with Gasteiger partial charge in [-0.05, 0) is 31.5 Å². The summed E-state index contributed by atoms with van der Waals surface area (Å²) in [6, 6.07) is 10.8. The van der Waals surface area contributed by atoms with E-state index in [-0.39, 0.29) is 5.41 Å². The summed E-state index contributed by atoms with van der Waals surface area (Å²) in [6.07, 6.45) is 5.72. The lowest BCUT2D eigenvalue weighted by Gasteiger charge is -2.38. The van der Waals surface area contributed by atoms with Gasteiger partial charge in [-0.3, -0.25) is 4.68 Å². The molecular formula is C14H18N4. The quantitative estimate of drug-likeness (QED) is 0.889. The lowest BCUT2D eigenvalue weighted by Crippen LogP contribution is -2.42. The van der Waals surface area contributed by atoms with E-state index in [1.54, 1.807) is 6.33 Å². The summed E-state index contributed by atoms with van der Waals surface area (Å²) in [5.74, 6) is 0. The third kappa shape index (κ3) is 2.16. The van der Waals surface area contributed by atoms with Crippen molar-refractivity contribution in [2.45, 2.75) is 24.8 Å². The Morgan fingerprint density at radius 2 is 1.94 bits per heavy atom. The molecule has 2 heterocycles. The minimum atomic E-state index is 0.195. The van der Waals surface area contributed by atoms with Crippen molar-refractivity contribution in [3.05, 3.63) is 48.5 Å². The van der Waals surface area contributed by atoms with Crippen LogP contribution in [0, 0.1) is 0 Å². The predicted octanol–water partition coefficient (Wildman–Crippen LogP) is 1.60. The highest BCUT2D eigenvalue weighted by atomic mass is 15.3. The van der Waals surface area contributed by atoms with Crippen molar-refractivity contribution in [3.8, 4) is 0 Å². The zero-order valence-electron chi connectivity index (χ0n) is 10.4. The van der Waals surface area contributed by atoms with Gasteiger partial charge in [0.25, 0.3) is 0 Å². The Bertz CT molecular complexity index is 472. The lowest BCUT2D eigenvalue weighted by molar-refractivity contribution is 0.259. The Kier molecular flexibility index (Phi) is 3.11. The fourth-order valence-corrected chi connectivity index (χ4v) is 2.86. The second kappa shape index (κ2) is 4.90. The average molecular weight is 242 g/mol. The summed E-state index contributed by atoms with van der Waals surface area (Å²) in [7, 11) is 0. The van der Waals surface area contributed by atoms with Crippen molar-refractivity contribution >= 4 is 0 Å². The predicted molar refractivity (Wildman–Crippen MR) is 70.2 cm³/mol. The molecule has 0 amide bonds. The van der Waals surface area contributed by atoms with Crippen LogP contribution in [0.15, 0.2) is 43.0 Å². The maximum Gasteiger partial charge on any atom is 0.137 e. The molecule has 0 radical (unpaired) electrons. The van der Waals surface area contributed by atoms with Gasteiger partial charge in [0.05, 0.1) is 6.54 Å². The number of aromatic nitrogens is 3. The first kappa shape index (κ1) is 11.4. The zero-order chi connectivity index (χ0) is 12.3. The SMILES string of the molecule is c1ccc(C2(Cn3cncn3)CCNCC2)cc1. The Morgan fingerprint density at radius 3 is 2.61 bits per heavy atom. The van der Waals surface area contributed by atoms with E-state index >= 15 is 0 Å². The highest BCUT2D eigenvalue weighted by molar-refractivity contribution is 5.26. The Labute approximate surface area is 107 Å². The largest absolute Gasteiger partial charge is 0.317 e. The second-order valence-corrected chi connectivity index (χ2v) is 4.99. The van der Waals surface area contributed by atoms with Crippen molar-refractivity contribution in [3.63, 3.8) is 0 Å². The standard InChI is InChI=1S/C14H18N4/c1-2-4-13(5-3-1)14(6-8-15-9-7-14)10-18-12-16-11-17-18/h1-5,11-12,15H,6-10H2. The van der Waals surface area contributed by atoms with E-state index in [2.05, 4.69) is 45.7 Å². The molecule has 1 aromatic carbocycles. The smallest absolute Gasteiger partial charge is 0.137 e. The molecule has 0 unspecified atom stereocenters. The van der Waals surface area contributed by atoms with Gasteiger partial charge >= 0.3 is 0 Å². The molecule has 1 N–H and O–H groups in total. The summed E-state index contributed by atoms with van der Waals surface area (Å²) in [4.78, 5) is 4.05. The van der Waals surface area contributed by atoms with Gasteiger partial charge in [0.1, 0.15) is 12.7 Å². The molecule has 1 aliphatic heterocycles. The summed E-state index contributed by atoms with van der Waals surface area (Å²) in [5.41, 5.74) is 1.61. The molecule has 0 saturated carbocycles. The molecule has 18 heavy (non-hydrogen) atoms. The number of hydrogen-bond acceptors (Lipinski definition) is 3. The van der Waals surface area contributed by atoms with Crippen molar-refractivity contribution in [1.29, 1.82) is 0 Å². The van der Waals surface area contributed by atoms with Gasteiger partial charge in [0, 0.05) is 5.41 Å². The van der Waals surface area contributed by atoms with Gasteiger partial charge in [0.15, 0.2) is 0 Å². The topological polar surface area (TPSA) is 42.7 Å². The van der Waals surface area contributed by atoms with Gasteiger partial charge < -0.3 is 5.32 Å². The monoisotopic (exact) mass is 242 g/mol. The number of nitrogens with zero attached hydrogens (tertiary/aromatic N) is 3. The van der Waals surface area contributed by atoms with Gasteiger partial charge in [0.2, 0.25) is 0 Å². The molecule has 94 valence electrons. The molecule has 0 bridgehead atoms. The van der Waals surface area contributed by atoms with Crippen LogP contribution in [0.3, 0.4) is 0 Å². The van der Waals surface area contributed by atoms with Crippen LogP contribution in [0.25, 0.3) is 0 Å². The molecule has 0 atom stereocenters. The molecule has 3 rings (SSSR count). The summed E-state index contributed by atoms with van der Waals surface area (Å²) in [5, 5.41) is 7.71. The normalized spacial score (nSPS) is 18.7. The third-order valence-corrected chi connectivity index (χ3v) is 3.88. The number of nitrogens with one attached hydrogen (secondary N) is 1. The van der Waals surface area contributed by atoms with E-state index in [1.165, 1.54) is 5.56 Å². The minimum absolute atomic E-state index is 0.195. The Hall–Kier alpha value is -1.68. The minimum Gasteiger partial charge on any atom is -0.317 e. The van der Waals surface area contributed by atoms with E-state index in [1.807, 2.05) is 11.0 Å². The third-order valence-electron chi connectivity index (χ3n) is 3.88. The first-order valence-electron chi connectivity index (χ1n) is 6.48. The van der Waals surface area contributed by atoms with Crippen molar-refractivity contribution in [1.82, 2.24) is 20.1 Å². The summed E-state index contributed by atoms with van der Waals surface area (Å²) >= 11 is 0. The maximum absolute atomic E-state index is 4.27. The molecule has 1 aromatic heterocycles. The first-order valence-corrected chi connectivity index (χ1v) is 6.48. The van der Waals surface area contributed by atoms with Crippen LogP contribution >= 0.6 is 0 Å². The van der Waals surface area contributed by atoms with E-state index in [0.29, 0.717) is 0 Å². The average Bonchev–Trinajstić information content (AvgIpc) is 2.94. The van der Waals surface area contributed by atoms with Crippen molar-refractivity contribution < 1.29 is 0 Å². The highest BCUT2D eigenvalue weighted by Crippen LogP contribution is 2.34. The van der Waals surface area contributed by atoms with Gasteiger partial charge in [-0.15, -0.1) is 0 Å². The van der Waals surface area contributed by atoms with E-state index in [4.69, 9.17) is 0 Å². The maximum atomic E-state index is 4.27. The highest BCUT2D eigenvalue weighted by Gasteiger charge is 2.34. The first-order chi connectivity index (χ1) is 8.89. The molecule has 4 heteroatoms. The number of rotatable bonds is 3. The number of benzene rings is 1. The van der Waals surface area contributed by atoms with Crippen LogP contribution in [0.1, 0.15) is 18.4 Å². The van der Waals surface area contributed by atoms with Crippen LogP contribution in [0.4, 0.5) is 0 Å². The lowest BCUT2D eigenvalue weighted by atomic mass is 9.73. The van der Waals surface area contributed by atoms with Crippen molar-refractivity contribution in [2.24, 2.45) is 0 Å². The van der Waals surface area contributed by atoms with Crippen molar-refractivity contribution in [2.75, 3.05) is 13.1 Å². The Morgan fingerprint density at radius 1 is 1.17 bits per heavy atom. The van der Waals surface area contributed by atoms with Crippen LogP contribution < -0.4 is 5.32 Å². The van der Waals surface area contributed by atoms with Gasteiger partial charge in [-0.25, -0.2) is 4.98 Å². The number of piperidine rings is 1. The van der Waals surface area contributed by atoms with Crippen LogP contribution in [-0.2, 0) is 12.0 Å². The molecular weight excluding hydrogens is 224 g/mol. The molecule has 2 aromatic rings. The molecule has 4 nitrogen and oxygen atoms in total. The van der Waals surface area contributed by atoms with Gasteiger partial charge in [-0.1, -0.05) is 30.3 Å². The molecule has 0 spiro atoms. The molecule has 0 aliphatic carbocycles. The summed E-state index contributed by atoms with van der Waals surface area (Å²) in [6.45, 7) is 3.06. The van der Waals surface area contributed by atoms with E-state index < -0.39 is 0 Å². The molecule has 1 fully saturated rings. The van der Waals surface area contributed by atoms with Crippen LogP contribution in [0.5, 0.6) is 0 Å². The van der Waals surface area contributed by atoms with Gasteiger partial charge in [-0.2, -0.15) is 5.10 Å².